The van der Waals surface area contributed by atoms with Gasteiger partial charge in [0.05, 0.1) is 10.5 Å². The number of fused-ring (bicyclic) bond motifs is 1. The normalized spacial score (nSPS) is 15.8. The molecule has 4 rings (SSSR count). The zero-order valence-corrected chi connectivity index (χ0v) is 12.8. The minimum Gasteiger partial charge on any atom is -0.462 e. The van der Waals surface area contributed by atoms with E-state index in [0.29, 0.717) is 28.4 Å². The van der Waals surface area contributed by atoms with E-state index in [4.69, 9.17) is 9.15 Å². The lowest BCUT2D eigenvalue weighted by Gasteiger charge is -2.25. The molecule has 0 bridgehead atoms. The molecule has 2 aromatic carbocycles. The van der Waals surface area contributed by atoms with Crippen molar-refractivity contribution in [3.63, 3.8) is 0 Å². The molecule has 1 atom stereocenters. The van der Waals surface area contributed by atoms with E-state index in [-0.39, 0.29) is 11.6 Å². The third-order valence-electron chi connectivity index (χ3n) is 3.87. The number of rotatable bonds is 3. The van der Waals surface area contributed by atoms with Gasteiger partial charge in [-0.1, -0.05) is 24.3 Å². The van der Waals surface area contributed by atoms with Gasteiger partial charge in [-0.2, -0.15) is 0 Å². The Labute approximate surface area is 142 Å². The topological polar surface area (TPSA) is 94.6 Å². The van der Waals surface area contributed by atoms with Crippen LogP contribution in [0.15, 0.2) is 65.1 Å². The van der Waals surface area contributed by atoms with Crippen molar-refractivity contribution in [3.05, 3.63) is 82.1 Å². The molecule has 1 aliphatic heterocycles. The molecule has 3 aromatic rings. The van der Waals surface area contributed by atoms with Gasteiger partial charge in [0, 0.05) is 17.7 Å². The first-order valence-corrected chi connectivity index (χ1v) is 7.53. The van der Waals surface area contributed by atoms with Gasteiger partial charge in [0.2, 0.25) is 6.23 Å². The fourth-order valence-electron chi connectivity index (χ4n) is 2.66. The van der Waals surface area contributed by atoms with Crippen LogP contribution in [0.1, 0.15) is 22.3 Å². The summed E-state index contributed by atoms with van der Waals surface area (Å²) in [5.74, 6) is 1.09. The summed E-state index contributed by atoms with van der Waals surface area (Å²) in [7, 11) is 0. The monoisotopic (exact) mass is 336 g/mol. The molecule has 0 spiro atoms. The maximum atomic E-state index is 12.2. The Morgan fingerprint density at radius 3 is 2.72 bits per heavy atom. The Morgan fingerprint density at radius 2 is 1.88 bits per heavy atom. The molecule has 7 heteroatoms. The quantitative estimate of drug-likeness (QED) is 0.581. The molecule has 124 valence electrons. The van der Waals surface area contributed by atoms with Crippen molar-refractivity contribution in [2.75, 3.05) is 0 Å². The molecule has 2 heterocycles. The minimum atomic E-state index is -0.755. The number of non-ortho nitro benzene ring substituents is 1. The fourth-order valence-corrected chi connectivity index (χ4v) is 2.66. The third kappa shape index (κ3) is 2.72. The van der Waals surface area contributed by atoms with E-state index >= 15 is 0 Å². The fraction of sp³-hybridized carbons (Fsp3) is 0.0556. The first-order chi connectivity index (χ1) is 12.1. The van der Waals surface area contributed by atoms with Crippen molar-refractivity contribution >= 4 is 11.6 Å². The highest BCUT2D eigenvalue weighted by Crippen LogP contribution is 2.32. The summed E-state index contributed by atoms with van der Waals surface area (Å²) >= 11 is 0. The number of nitro groups is 1. The molecule has 1 amide bonds. The first-order valence-electron chi connectivity index (χ1n) is 7.53. The van der Waals surface area contributed by atoms with Gasteiger partial charge in [0.1, 0.15) is 11.5 Å². The lowest BCUT2D eigenvalue weighted by atomic mass is 10.1. The predicted molar refractivity (Wildman–Crippen MR) is 88.1 cm³/mol. The Kier molecular flexibility index (Phi) is 3.46. The summed E-state index contributed by atoms with van der Waals surface area (Å²) in [6.45, 7) is 0. The molecular weight excluding hydrogens is 324 g/mol. The van der Waals surface area contributed by atoms with Gasteiger partial charge in [-0.15, -0.1) is 0 Å². The number of nitrogens with zero attached hydrogens (tertiary/aromatic N) is 1. The van der Waals surface area contributed by atoms with Crippen LogP contribution in [0, 0.1) is 10.1 Å². The number of nitro benzene ring substituents is 1. The summed E-state index contributed by atoms with van der Waals surface area (Å²) in [6, 6.07) is 16.4. The van der Waals surface area contributed by atoms with E-state index in [1.54, 1.807) is 48.5 Å². The van der Waals surface area contributed by atoms with Crippen molar-refractivity contribution in [1.29, 1.82) is 0 Å². The number of furan rings is 1. The van der Waals surface area contributed by atoms with Gasteiger partial charge in [-0.05, 0) is 24.3 Å². The standard InChI is InChI=1S/C18H12N2O5/c21-17-13-6-1-2-7-15(13)25-18(19-17)16-9-8-14(24-16)11-4-3-5-12(10-11)20(22)23/h1-10,18H,(H,19,21)/t18-/m0/s1. The number of benzene rings is 2. The van der Waals surface area contributed by atoms with Crippen molar-refractivity contribution < 1.29 is 18.9 Å². The second-order valence-electron chi connectivity index (χ2n) is 5.48. The highest BCUT2D eigenvalue weighted by molar-refractivity contribution is 5.97. The zero-order valence-electron chi connectivity index (χ0n) is 12.8. The van der Waals surface area contributed by atoms with E-state index in [1.165, 1.54) is 12.1 Å². The molecule has 0 saturated carbocycles. The highest BCUT2D eigenvalue weighted by atomic mass is 16.6. The van der Waals surface area contributed by atoms with Crippen LogP contribution in [-0.4, -0.2) is 10.8 Å². The van der Waals surface area contributed by atoms with Crippen molar-refractivity contribution in [2.45, 2.75) is 6.23 Å². The van der Waals surface area contributed by atoms with E-state index in [9.17, 15) is 14.9 Å². The van der Waals surface area contributed by atoms with Crippen LogP contribution >= 0.6 is 0 Å². The molecule has 25 heavy (non-hydrogen) atoms. The first kappa shape index (κ1) is 14.9. The van der Waals surface area contributed by atoms with E-state index in [1.807, 2.05) is 0 Å². The largest absolute Gasteiger partial charge is 0.462 e. The van der Waals surface area contributed by atoms with Crippen LogP contribution in [-0.2, 0) is 0 Å². The number of nitrogens with one attached hydrogen (secondary N) is 1. The lowest BCUT2D eigenvalue weighted by molar-refractivity contribution is -0.384. The van der Waals surface area contributed by atoms with Gasteiger partial charge >= 0.3 is 0 Å². The Hall–Kier alpha value is -3.61. The van der Waals surface area contributed by atoms with Crippen molar-refractivity contribution in [1.82, 2.24) is 5.32 Å². The summed E-state index contributed by atoms with van der Waals surface area (Å²) in [5.41, 5.74) is 1.01. The molecule has 1 N–H and O–H groups in total. The Balaban J connectivity index is 1.63. The second-order valence-corrected chi connectivity index (χ2v) is 5.48. The molecule has 7 nitrogen and oxygen atoms in total. The number of amides is 1. The maximum Gasteiger partial charge on any atom is 0.270 e. The molecule has 1 aliphatic rings. The lowest BCUT2D eigenvalue weighted by Crippen LogP contribution is -2.36. The van der Waals surface area contributed by atoms with E-state index < -0.39 is 11.2 Å². The highest BCUT2D eigenvalue weighted by Gasteiger charge is 2.28. The average molecular weight is 336 g/mol. The minimum absolute atomic E-state index is 0.0217. The number of carbonyl (C=O) groups is 1. The second kappa shape index (κ2) is 5.79. The Morgan fingerprint density at radius 1 is 1.04 bits per heavy atom. The van der Waals surface area contributed by atoms with Crippen LogP contribution in [0.25, 0.3) is 11.3 Å². The van der Waals surface area contributed by atoms with E-state index in [2.05, 4.69) is 5.32 Å². The zero-order chi connectivity index (χ0) is 17.4. The summed E-state index contributed by atoms with van der Waals surface area (Å²) in [6.07, 6.45) is -0.755. The summed E-state index contributed by atoms with van der Waals surface area (Å²) < 4.78 is 11.5. The Bertz CT molecular complexity index is 979. The van der Waals surface area contributed by atoms with Gasteiger partial charge in [0.15, 0.2) is 5.76 Å². The summed E-state index contributed by atoms with van der Waals surface area (Å²) in [5, 5.41) is 13.6. The maximum absolute atomic E-state index is 12.2. The molecule has 0 fully saturated rings. The molecular formula is C18H12N2O5. The van der Waals surface area contributed by atoms with Gasteiger partial charge < -0.3 is 14.5 Å². The number of carbonyl (C=O) groups excluding carboxylic acids is 1. The van der Waals surface area contributed by atoms with Crippen LogP contribution in [0.2, 0.25) is 0 Å². The van der Waals surface area contributed by atoms with Gasteiger partial charge in [-0.25, -0.2) is 0 Å². The molecule has 0 unspecified atom stereocenters. The van der Waals surface area contributed by atoms with Gasteiger partial charge in [0.25, 0.3) is 11.6 Å². The molecule has 1 aromatic heterocycles. The number of ether oxygens (including phenoxy) is 1. The predicted octanol–water partition coefficient (Wildman–Crippen LogP) is 3.68. The number of hydrogen-bond acceptors (Lipinski definition) is 5. The molecule has 0 radical (unpaired) electrons. The number of para-hydroxylation sites is 1. The van der Waals surface area contributed by atoms with Crippen LogP contribution in [0.4, 0.5) is 5.69 Å². The van der Waals surface area contributed by atoms with Crippen LogP contribution in [0.3, 0.4) is 0 Å². The summed E-state index contributed by atoms with van der Waals surface area (Å²) in [4.78, 5) is 22.6. The van der Waals surface area contributed by atoms with Crippen molar-refractivity contribution in [3.8, 4) is 17.1 Å². The average Bonchev–Trinajstić information content (AvgIpc) is 3.12. The van der Waals surface area contributed by atoms with Crippen LogP contribution in [0.5, 0.6) is 5.75 Å². The smallest absolute Gasteiger partial charge is 0.270 e. The molecule has 0 saturated heterocycles. The SMILES string of the molecule is O=C1N[C@H](c2ccc(-c3cccc([N+](=O)[O-])c3)o2)Oc2ccccc21. The van der Waals surface area contributed by atoms with Crippen molar-refractivity contribution in [2.24, 2.45) is 0 Å². The van der Waals surface area contributed by atoms with E-state index in [0.717, 1.165) is 0 Å². The van der Waals surface area contributed by atoms with Crippen LogP contribution < -0.4 is 10.1 Å². The third-order valence-corrected chi connectivity index (χ3v) is 3.87. The van der Waals surface area contributed by atoms with Gasteiger partial charge in [-0.3, -0.25) is 14.9 Å². The number of hydrogen-bond donors (Lipinski definition) is 1. The molecule has 0 aliphatic carbocycles.